The molecule has 0 saturated carbocycles. The van der Waals surface area contributed by atoms with Crippen LogP contribution in [0.5, 0.6) is 0 Å². The van der Waals surface area contributed by atoms with Gasteiger partial charge in [0.05, 0.1) is 38.6 Å². The van der Waals surface area contributed by atoms with Crippen LogP contribution in [0.25, 0.3) is 21.9 Å². The average Bonchev–Trinajstić information content (AvgIpc) is 3.57. The van der Waals surface area contributed by atoms with Crippen LogP contribution in [0.2, 0.25) is 25.7 Å². The fourth-order valence-corrected chi connectivity index (χ4v) is 7.31. The van der Waals surface area contributed by atoms with Gasteiger partial charge in [-0.2, -0.15) is 18.4 Å². The number of alkyl halides is 3. The molecule has 3 aromatic carbocycles. The van der Waals surface area contributed by atoms with Crippen molar-refractivity contribution in [3.05, 3.63) is 94.4 Å². The lowest BCUT2D eigenvalue weighted by atomic mass is 9.95. The van der Waals surface area contributed by atoms with Gasteiger partial charge in [0.15, 0.2) is 5.82 Å². The fourth-order valence-electron chi connectivity index (χ4n) is 5.15. The van der Waals surface area contributed by atoms with Gasteiger partial charge in [-0.05, 0) is 67.9 Å². The zero-order chi connectivity index (χ0) is 32.9. The van der Waals surface area contributed by atoms with Crippen LogP contribution in [-0.2, 0) is 27.7 Å². The second-order valence-corrected chi connectivity index (χ2v) is 19.6. The van der Waals surface area contributed by atoms with Crippen molar-refractivity contribution >= 4 is 45.8 Å². The first-order valence-corrected chi connectivity index (χ1v) is 19.2. The van der Waals surface area contributed by atoms with Crippen LogP contribution in [0, 0.1) is 25.2 Å². The molecule has 0 bridgehead atoms. The Morgan fingerprint density at radius 2 is 1.73 bits per heavy atom. The number of ether oxygens (including phenoxy) is 1. The third kappa shape index (κ3) is 6.18. The van der Waals surface area contributed by atoms with Crippen molar-refractivity contribution in [2.75, 3.05) is 6.61 Å². The molecule has 0 radical (unpaired) electrons. The molecule has 0 atom stereocenters. The number of hydrogen-bond donors (Lipinski definition) is 0. The number of aromatic nitrogens is 3. The van der Waals surface area contributed by atoms with E-state index in [0.29, 0.717) is 12.1 Å². The third-order valence-electron chi connectivity index (χ3n) is 7.53. The summed E-state index contributed by atoms with van der Waals surface area (Å²) in [6.07, 6.45) is -3.79. The Bertz CT molecular complexity index is 2100. The molecule has 0 amide bonds. The van der Waals surface area contributed by atoms with E-state index in [9.17, 15) is 31.6 Å². The van der Waals surface area contributed by atoms with E-state index in [-0.39, 0.29) is 45.0 Å². The number of rotatable bonds is 9. The lowest BCUT2D eigenvalue weighted by Crippen LogP contribution is -2.23. The second-order valence-electron chi connectivity index (χ2n) is 12.2. The van der Waals surface area contributed by atoms with E-state index >= 15 is 0 Å². The smallest absolute Gasteiger partial charge is 0.361 e. The van der Waals surface area contributed by atoms with Gasteiger partial charge in [-0.1, -0.05) is 37.3 Å². The summed E-state index contributed by atoms with van der Waals surface area (Å²) in [6, 6.07) is 15.4. The topological polar surface area (TPSA) is 107 Å². The number of benzene rings is 3. The quantitative estimate of drug-likeness (QED) is 0.0941. The van der Waals surface area contributed by atoms with E-state index in [1.807, 2.05) is 6.07 Å². The van der Waals surface area contributed by atoms with E-state index in [1.54, 1.807) is 25.1 Å². The highest BCUT2D eigenvalue weighted by molar-refractivity contribution is 7.90. The molecule has 2 heterocycles. The van der Waals surface area contributed by atoms with Crippen LogP contribution in [-0.4, -0.2) is 42.4 Å². The molecule has 8 nitrogen and oxygen atoms in total. The predicted molar refractivity (Wildman–Crippen MR) is 167 cm³/mol. The molecular weight excluding hydrogens is 622 g/mol. The molecular formula is C32H31F3N4O4SSi. The number of imidazole rings is 1. The van der Waals surface area contributed by atoms with Crippen LogP contribution >= 0.6 is 0 Å². The number of nitrogens with zero attached hydrogens (tertiary/aromatic N) is 4. The number of hydrogen-bond acceptors (Lipinski definition) is 6. The predicted octanol–water partition coefficient (Wildman–Crippen LogP) is 7.28. The minimum atomic E-state index is -4.94. The van der Waals surface area contributed by atoms with E-state index < -0.39 is 41.2 Å². The molecule has 0 aliphatic carbocycles. The van der Waals surface area contributed by atoms with Gasteiger partial charge in [0.1, 0.15) is 6.73 Å². The zero-order valence-corrected chi connectivity index (χ0v) is 27.2. The van der Waals surface area contributed by atoms with Crippen molar-refractivity contribution < 1.29 is 31.1 Å². The number of fused-ring (bicyclic) bond motifs is 2. The van der Waals surface area contributed by atoms with Gasteiger partial charge >= 0.3 is 6.18 Å². The lowest BCUT2D eigenvalue weighted by Gasteiger charge is -2.18. The first kappa shape index (κ1) is 32.1. The molecule has 0 fully saturated rings. The molecule has 0 saturated heterocycles. The van der Waals surface area contributed by atoms with Gasteiger partial charge in [0.25, 0.3) is 10.0 Å². The molecule has 13 heteroatoms. The van der Waals surface area contributed by atoms with Gasteiger partial charge in [-0.25, -0.2) is 17.4 Å². The van der Waals surface area contributed by atoms with Crippen LogP contribution in [0.4, 0.5) is 13.2 Å². The van der Waals surface area contributed by atoms with Crippen molar-refractivity contribution in [2.24, 2.45) is 0 Å². The summed E-state index contributed by atoms with van der Waals surface area (Å²) in [5, 5.41) is 9.21. The first-order valence-electron chi connectivity index (χ1n) is 14.1. The Balaban J connectivity index is 1.72. The molecule has 0 spiro atoms. The molecule has 2 aromatic heterocycles. The molecule has 0 unspecified atom stereocenters. The summed E-state index contributed by atoms with van der Waals surface area (Å²) in [5.74, 6) is -1.38. The average molecular weight is 653 g/mol. The monoisotopic (exact) mass is 652 g/mol. The van der Waals surface area contributed by atoms with Crippen LogP contribution in [0.1, 0.15) is 38.4 Å². The summed E-state index contributed by atoms with van der Waals surface area (Å²) in [6.45, 7) is 9.91. The Morgan fingerprint density at radius 3 is 2.36 bits per heavy atom. The van der Waals surface area contributed by atoms with E-state index in [1.165, 1.54) is 41.8 Å². The molecule has 0 N–H and O–H groups in total. The minimum Gasteiger partial charge on any atom is -0.361 e. The van der Waals surface area contributed by atoms with Crippen molar-refractivity contribution in [3.8, 4) is 6.07 Å². The molecule has 5 rings (SSSR count). The van der Waals surface area contributed by atoms with E-state index in [4.69, 9.17) is 4.74 Å². The van der Waals surface area contributed by atoms with Crippen LogP contribution in [0.15, 0.2) is 65.7 Å². The number of carbonyl (C=O) groups excluding carboxylic acids is 1. The molecule has 0 aliphatic heterocycles. The minimum absolute atomic E-state index is 0.0245. The second kappa shape index (κ2) is 11.6. The Morgan fingerprint density at radius 1 is 1.04 bits per heavy atom. The summed E-state index contributed by atoms with van der Waals surface area (Å²) in [7, 11) is -5.69. The van der Waals surface area contributed by atoms with Crippen molar-refractivity contribution in [1.82, 2.24) is 13.5 Å². The highest BCUT2D eigenvalue weighted by Gasteiger charge is 2.39. The number of carbonyl (C=O) groups is 1. The van der Waals surface area contributed by atoms with Gasteiger partial charge in [0, 0.05) is 31.8 Å². The van der Waals surface area contributed by atoms with Gasteiger partial charge < -0.3 is 4.74 Å². The lowest BCUT2D eigenvalue weighted by molar-refractivity contribution is -0.137. The number of halogens is 3. The van der Waals surface area contributed by atoms with Crippen molar-refractivity contribution in [2.45, 2.75) is 57.3 Å². The third-order valence-corrected chi connectivity index (χ3v) is 10.9. The van der Waals surface area contributed by atoms with Gasteiger partial charge in [-0.3, -0.25) is 9.36 Å². The number of aryl methyl sites for hydroxylation is 2. The maximum absolute atomic E-state index is 14.6. The summed E-state index contributed by atoms with van der Waals surface area (Å²) >= 11 is 0. The van der Waals surface area contributed by atoms with Crippen LogP contribution < -0.4 is 0 Å². The Hall–Kier alpha value is -4.25. The summed E-state index contributed by atoms with van der Waals surface area (Å²) in [5.41, 5.74) is -0.218. The fraction of sp³-hybridized carbons (Fsp3) is 0.281. The zero-order valence-electron chi connectivity index (χ0n) is 25.4. The molecule has 45 heavy (non-hydrogen) atoms. The maximum atomic E-state index is 14.6. The van der Waals surface area contributed by atoms with Crippen molar-refractivity contribution in [1.29, 1.82) is 5.26 Å². The normalized spacial score (nSPS) is 12.6. The Labute approximate surface area is 259 Å². The Kier molecular flexibility index (Phi) is 8.28. The van der Waals surface area contributed by atoms with Crippen molar-refractivity contribution in [3.63, 3.8) is 0 Å². The van der Waals surface area contributed by atoms with E-state index in [0.717, 1.165) is 27.8 Å². The largest absolute Gasteiger partial charge is 0.417 e. The standard InChI is InChI=1S/C32H31F3N4O4SSi/c1-20-6-9-23(10-7-20)44(41,42)39-13-12-24-28(25(32(33,34)35)16-21(2)29(24)39)30(40)31-37-26-17-22(18-36)8-11-27(26)38(31)19-43-14-15-45(3,4)5/h6-13,16-17H,14-15,19H2,1-5H3. The first-order chi connectivity index (χ1) is 21.0. The highest BCUT2D eigenvalue weighted by Crippen LogP contribution is 2.40. The molecule has 234 valence electrons. The van der Waals surface area contributed by atoms with E-state index in [2.05, 4.69) is 24.6 Å². The molecule has 0 aliphatic rings. The summed E-state index contributed by atoms with van der Waals surface area (Å²) < 4.78 is 79.2. The van der Waals surface area contributed by atoms with Crippen LogP contribution in [0.3, 0.4) is 0 Å². The SMILES string of the molecule is Cc1ccc(S(=O)(=O)n2ccc3c(C(=O)c4nc5cc(C#N)ccc5n4COCC[Si](C)(C)C)c(C(F)(F)F)cc(C)c32)cc1. The number of nitriles is 1. The maximum Gasteiger partial charge on any atom is 0.417 e. The van der Waals surface area contributed by atoms with Gasteiger partial charge in [-0.15, -0.1) is 0 Å². The molecule has 5 aromatic rings. The van der Waals surface area contributed by atoms with Gasteiger partial charge in [0.2, 0.25) is 5.78 Å². The number of ketones is 1. The highest BCUT2D eigenvalue weighted by atomic mass is 32.2. The summed E-state index contributed by atoms with van der Waals surface area (Å²) in [4.78, 5) is 18.6.